The lowest BCUT2D eigenvalue weighted by atomic mass is 10.1. The molecule has 0 aliphatic rings. The number of halogens is 1. The third-order valence-corrected chi connectivity index (χ3v) is 3.65. The fourth-order valence-corrected chi connectivity index (χ4v) is 2.43. The zero-order chi connectivity index (χ0) is 15.5. The summed E-state index contributed by atoms with van der Waals surface area (Å²) in [5.41, 5.74) is 2.87. The molecule has 0 atom stereocenters. The van der Waals surface area contributed by atoms with E-state index in [0.29, 0.717) is 16.8 Å². The molecule has 3 rings (SSSR count). The predicted octanol–water partition coefficient (Wildman–Crippen LogP) is 4.59. The summed E-state index contributed by atoms with van der Waals surface area (Å²) in [4.78, 5) is 0. The van der Waals surface area contributed by atoms with Gasteiger partial charge in [0.1, 0.15) is 5.75 Å². The molecule has 3 aromatic rings. The first-order valence-corrected chi connectivity index (χ1v) is 7.29. The fraction of sp³-hybridized carbons (Fsp3) is 0.176. The SMILES string of the molecule is Cc1cccc(C)c1OCc1nnc(-c2ccccc2Cl)o1. The van der Waals surface area contributed by atoms with Crippen molar-refractivity contribution in [2.45, 2.75) is 20.5 Å². The van der Waals surface area contributed by atoms with Gasteiger partial charge in [0.15, 0.2) is 6.61 Å². The molecule has 0 bridgehead atoms. The summed E-state index contributed by atoms with van der Waals surface area (Å²) in [5.74, 6) is 1.66. The Kier molecular flexibility index (Phi) is 4.11. The lowest BCUT2D eigenvalue weighted by Crippen LogP contribution is -1.99. The van der Waals surface area contributed by atoms with Crippen molar-refractivity contribution in [3.63, 3.8) is 0 Å². The number of aryl methyl sites for hydroxylation is 2. The molecule has 4 nitrogen and oxygen atoms in total. The number of ether oxygens (including phenoxy) is 1. The summed E-state index contributed by atoms with van der Waals surface area (Å²) in [6.45, 7) is 4.24. The molecule has 0 spiro atoms. The highest BCUT2D eigenvalue weighted by Gasteiger charge is 2.12. The highest BCUT2D eigenvalue weighted by Crippen LogP contribution is 2.27. The van der Waals surface area contributed by atoms with Crippen LogP contribution in [-0.4, -0.2) is 10.2 Å². The van der Waals surface area contributed by atoms with Crippen molar-refractivity contribution in [2.75, 3.05) is 0 Å². The second kappa shape index (κ2) is 6.20. The maximum absolute atomic E-state index is 6.12. The zero-order valence-electron chi connectivity index (χ0n) is 12.3. The van der Waals surface area contributed by atoms with Crippen molar-refractivity contribution in [3.05, 3.63) is 64.5 Å². The van der Waals surface area contributed by atoms with E-state index in [-0.39, 0.29) is 6.61 Å². The Morgan fingerprint density at radius 3 is 2.45 bits per heavy atom. The molecule has 0 aliphatic carbocycles. The molecule has 0 saturated heterocycles. The molecule has 1 heterocycles. The summed E-state index contributed by atoms with van der Waals surface area (Å²) in [7, 11) is 0. The van der Waals surface area contributed by atoms with Crippen LogP contribution in [0.3, 0.4) is 0 Å². The lowest BCUT2D eigenvalue weighted by Gasteiger charge is -2.09. The van der Waals surface area contributed by atoms with Crippen molar-refractivity contribution in [1.29, 1.82) is 0 Å². The number of hydrogen-bond donors (Lipinski definition) is 0. The van der Waals surface area contributed by atoms with Gasteiger partial charge in [-0.05, 0) is 37.1 Å². The molecule has 0 radical (unpaired) electrons. The van der Waals surface area contributed by atoms with Gasteiger partial charge in [-0.3, -0.25) is 0 Å². The van der Waals surface area contributed by atoms with E-state index in [1.807, 2.05) is 50.2 Å². The van der Waals surface area contributed by atoms with Gasteiger partial charge >= 0.3 is 0 Å². The van der Waals surface area contributed by atoms with Crippen LogP contribution in [0.1, 0.15) is 17.0 Å². The Labute approximate surface area is 133 Å². The zero-order valence-corrected chi connectivity index (χ0v) is 13.1. The first-order valence-electron chi connectivity index (χ1n) is 6.91. The average Bonchev–Trinajstić information content (AvgIpc) is 2.96. The van der Waals surface area contributed by atoms with Crippen LogP contribution in [0.2, 0.25) is 5.02 Å². The van der Waals surface area contributed by atoms with E-state index >= 15 is 0 Å². The Hall–Kier alpha value is -2.33. The first kappa shape index (κ1) is 14.6. The molecular formula is C17H15ClN2O2. The van der Waals surface area contributed by atoms with Gasteiger partial charge in [-0.2, -0.15) is 0 Å². The normalized spacial score (nSPS) is 10.7. The minimum absolute atomic E-state index is 0.225. The molecule has 0 unspecified atom stereocenters. The van der Waals surface area contributed by atoms with Crippen LogP contribution in [0.5, 0.6) is 5.75 Å². The minimum Gasteiger partial charge on any atom is -0.483 e. The summed E-state index contributed by atoms with van der Waals surface area (Å²) >= 11 is 6.12. The third-order valence-electron chi connectivity index (χ3n) is 3.32. The van der Waals surface area contributed by atoms with Crippen molar-refractivity contribution in [3.8, 4) is 17.2 Å². The standard InChI is InChI=1S/C17H15ClN2O2/c1-11-6-5-7-12(2)16(11)21-10-15-19-20-17(22-15)13-8-3-4-9-14(13)18/h3-9H,10H2,1-2H3. The monoisotopic (exact) mass is 314 g/mol. The van der Waals surface area contributed by atoms with E-state index in [1.54, 1.807) is 6.07 Å². The Bertz CT molecular complexity index is 779. The maximum atomic E-state index is 6.12. The summed E-state index contributed by atoms with van der Waals surface area (Å²) in [6.07, 6.45) is 0. The van der Waals surface area contributed by atoms with Crippen LogP contribution in [0, 0.1) is 13.8 Å². The second-order valence-corrected chi connectivity index (χ2v) is 5.40. The van der Waals surface area contributed by atoms with Gasteiger partial charge < -0.3 is 9.15 Å². The van der Waals surface area contributed by atoms with Crippen LogP contribution in [0.15, 0.2) is 46.9 Å². The Morgan fingerprint density at radius 2 is 1.73 bits per heavy atom. The van der Waals surface area contributed by atoms with E-state index in [9.17, 15) is 0 Å². The quantitative estimate of drug-likeness (QED) is 0.707. The van der Waals surface area contributed by atoms with E-state index in [4.69, 9.17) is 20.8 Å². The molecule has 2 aromatic carbocycles. The molecule has 0 fully saturated rings. The van der Waals surface area contributed by atoms with Gasteiger partial charge in [0.25, 0.3) is 5.89 Å². The van der Waals surface area contributed by atoms with E-state index in [1.165, 1.54) is 0 Å². The number of hydrogen-bond acceptors (Lipinski definition) is 4. The predicted molar refractivity (Wildman–Crippen MR) is 85.0 cm³/mol. The van der Waals surface area contributed by atoms with Crippen LogP contribution in [0.25, 0.3) is 11.5 Å². The molecule has 112 valence electrons. The first-order chi connectivity index (χ1) is 10.6. The van der Waals surface area contributed by atoms with Crippen molar-refractivity contribution in [2.24, 2.45) is 0 Å². The molecular weight excluding hydrogens is 300 g/mol. The summed E-state index contributed by atoms with van der Waals surface area (Å²) in [6, 6.07) is 13.4. The topological polar surface area (TPSA) is 48.2 Å². The van der Waals surface area contributed by atoms with Crippen molar-refractivity contribution < 1.29 is 9.15 Å². The number of rotatable bonds is 4. The van der Waals surface area contributed by atoms with Crippen LogP contribution in [0.4, 0.5) is 0 Å². The third kappa shape index (κ3) is 2.97. The molecule has 0 saturated carbocycles. The van der Waals surface area contributed by atoms with E-state index in [2.05, 4.69) is 10.2 Å². The molecule has 5 heteroatoms. The minimum atomic E-state index is 0.225. The number of para-hydroxylation sites is 1. The van der Waals surface area contributed by atoms with Crippen molar-refractivity contribution >= 4 is 11.6 Å². The van der Waals surface area contributed by atoms with Gasteiger partial charge in [-0.15, -0.1) is 10.2 Å². The number of nitrogens with zero attached hydrogens (tertiary/aromatic N) is 2. The van der Waals surface area contributed by atoms with Gasteiger partial charge in [-0.25, -0.2) is 0 Å². The fourth-order valence-electron chi connectivity index (χ4n) is 2.22. The smallest absolute Gasteiger partial charge is 0.254 e. The number of aromatic nitrogens is 2. The molecule has 0 amide bonds. The average molecular weight is 315 g/mol. The lowest BCUT2D eigenvalue weighted by molar-refractivity contribution is 0.261. The highest BCUT2D eigenvalue weighted by molar-refractivity contribution is 6.33. The summed E-state index contributed by atoms with van der Waals surface area (Å²) in [5, 5.41) is 8.61. The van der Waals surface area contributed by atoms with Crippen LogP contribution >= 0.6 is 11.6 Å². The van der Waals surface area contributed by atoms with Gasteiger partial charge in [0.05, 0.1) is 10.6 Å². The highest BCUT2D eigenvalue weighted by atomic mass is 35.5. The maximum Gasteiger partial charge on any atom is 0.254 e. The largest absolute Gasteiger partial charge is 0.483 e. The molecule has 1 aromatic heterocycles. The summed E-state index contributed by atoms with van der Waals surface area (Å²) < 4.78 is 11.4. The Morgan fingerprint density at radius 1 is 1.00 bits per heavy atom. The number of benzene rings is 2. The van der Waals surface area contributed by atoms with Crippen LogP contribution in [-0.2, 0) is 6.61 Å². The van der Waals surface area contributed by atoms with Gasteiger partial charge in [0, 0.05) is 0 Å². The van der Waals surface area contributed by atoms with E-state index < -0.39 is 0 Å². The molecule has 0 aliphatic heterocycles. The molecule has 0 N–H and O–H groups in total. The second-order valence-electron chi connectivity index (χ2n) is 4.99. The Balaban J connectivity index is 1.77. The van der Waals surface area contributed by atoms with Crippen molar-refractivity contribution in [1.82, 2.24) is 10.2 Å². The van der Waals surface area contributed by atoms with Crippen LogP contribution < -0.4 is 4.74 Å². The molecule has 22 heavy (non-hydrogen) atoms. The van der Waals surface area contributed by atoms with Gasteiger partial charge in [-0.1, -0.05) is 41.9 Å². The van der Waals surface area contributed by atoms with Gasteiger partial charge in [0.2, 0.25) is 5.89 Å². The van der Waals surface area contributed by atoms with E-state index in [0.717, 1.165) is 22.4 Å².